The van der Waals surface area contributed by atoms with Crippen molar-refractivity contribution in [1.82, 2.24) is 9.78 Å². The molecular formula is C25H21ClN2O4. The monoisotopic (exact) mass is 448 g/mol. The van der Waals surface area contributed by atoms with Crippen LogP contribution in [0.5, 0.6) is 11.5 Å². The molecule has 4 aromatic rings. The Morgan fingerprint density at radius 2 is 1.62 bits per heavy atom. The van der Waals surface area contributed by atoms with E-state index in [-0.39, 0.29) is 5.69 Å². The second-order valence-electron chi connectivity index (χ2n) is 7.19. The minimum absolute atomic E-state index is 0.0945. The zero-order valence-electron chi connectivity index (χ0n) is 17.4. The molecule has 0 atom stereocenters. The highest BCUT2D eigenvalue weighted by molar-refractivity contribution is 6.30. The Hall–Kier alpha value is -3.77. The lowest BCUT2D eigenvalue weighted by molar-refractivity contribution is 0.0685. The van der Waals surface area contributed by atoms with Gasteiger partial charge in [-0.25, -0.2) is 4.79 Å². The summed E-state index contributed by atoms with van der Waals surface area (Å²) >= 11 is 5.94. The first-order valence-electron chi connectivity index (χ1n) is 9.95. The van der Waals surface area contributed by atoms with E-state index in [4.69, 9.17) is 21.1 Å². The third-order valence-electron chi connectivity index (χ3n) is 4.88. The number of nitrogens with zero attached hydrogens (tertiary/aromatic N) is 2. The van der Waals surface area contributed by atoms with Crippen LogP contribution in [0.3, 0.4) is 0 Å². The number of aryl methyl sites for hydroxylation is 1. The van der Waals surface area contributed by atoms with Crippen LogP contribution < -0.4 is 9.47 Å². The van der Waals surface area contributed by atoms with Crippen LogP contribution in [-0.2, 0) is 20.3 Å². The van der Waals surface area contributed by atoms with Gasteiger partial charge in [0.25, 0.3) is 0 Å². The quantitative estimate of drug-likeness (QED) is 0.380. The van der Waals surface area contributed by atoms with Crippen LogP contribution in [0.15, 0.2) is 78.9 Å². The van der Waals surface area contributed by atoms with Gasteiger partial charge in [0.05, 0.1) is 5.69 Å². The molecule has 1 aromatic heterocycles. The first-order chi connectivity index (χ1) is 15.5. The molecule has 3 aromatic carbocycles. The number of halogens is 1. The van der Waals surface area contributed by atoms with Crippen LogP contribution in [0, 0.1) is 0 Å². The summed E-state index contributed by atoms with van der Waals surface area (Å²) in [5.41, 5.74) is 3.29. The van der Waals surface area contributed by atoms with Crippen LogP contribution in [0.25, 0.3) is 11.3 Å². The first-order valence-corrected chi connectivity index (χ1v) is 10.3. The number of rotatable bonds is 8. The second-order valence-corrected chi connectivity index (χ2v) is 7.63. The number of carboxylic acid groups (broad SMARTS) is 1. The molecule has 6 nitrogen and oxygen atoms in total. The summed E-state index contributed by atoms with van der Waals surface area (Å²) < 4.78 is 13.4. The minimum Gasteiger partial charge on any atom is -0.489 e. The molecule has 0 aliphatic heterocycles. The molecule has 4 rings (SSSR count). The summed E-state index contributed by atoms with van der Waals surface area (Å²) in [5.74, 6) is 0.138. The standard InChI is InChI=1S/C25H21ClN2O4/c1-28-23(25(29)30)14-22(27-28)21-12-11-20(31-15-18-7-9-19(26)10-8-18)13-24(21)32-16-17-5-3-2-4-6-17/h2-14H,15-16H2,1H3,(H,29,30). The van der Waals surface area contributed by atoms with E-state index in [0.29, 0.717) is 41.0 Å². The summed E-state index contributed by atoms with van der Waals surface area (Å²) in [6.07, 6.45) is 0. The van der Waals surface area contributed by atoms with E-state index in [2.05, 4.69) is 5.10 Å². The zero-order chi connectivity index (χ0) is 22.5. The first kappa shape index (κ1) is 21.5. The third-order valence-corrected chi connectivity index (χ3v) is 5.14. The van der Waals surface area contributed by atoms with Crippen molar-refractivity contribution in [1.29, 1.82) is 0 Å². The number of benzene rings is 3. The van der Waals surface area contributed by atoms with Gasteiger partial charge < -0.3 is 14.6 Å². The van der Waals surface area contributed by atoms with Crippen molar-refractivity contribution in [2.75, 3.05) is 0 Å². The maximum Gasteiger partial charge on any atom is 0.354 e. The van der Waals surface area contributed by atoms with Gasteiger partial charge in [0.1, 0.15) is 30.4 Å². The van der Waals surface area contributed by atoms with Gasteiger partial charge >= 0.3 is 5.97 Å². The number of carbonyl (C=O) groups is 1. The SMILES string of the molecule is Cn1nc(-c2ccc(OCc3ccc(Cl)cc3)cc2OCc2ccccc2)cc1C(=O)O. The van der Waals surface area contributed by atoms with Crippen molar-refractivity contribution in [3.05, 3.63) is 101 Å². The van der Waals surface area contributed by atoms with Crippen LogP contribution >= 0.6 is 11.6 Å². The van der Waals surface area contributed by atoms with Gasteiger partial charge in [-0.2, -0.15) is 5.10 Å². The fourth-order valence-corrected chi connectivity index (χ4v) is 3.33. The molecule has 32 heavy (non-hydrogen) atoms. The Labute approximate surface area is 190 Å². The molecule has 0 saturated carbocycles. The van der Waals surface area contributed by atoms with Gasteiger partial charge in [-0.15, -0.1) is 0 Å². The lowest BCUT2D eigenvalue weighted by atomic mass is 10.1. The Morgan fingerprint density at radius 3 is 2.31 bits per heavy atom. The molecule has 0 amide bonds. The van der Waals surface area contributed by atoms with Crippen LogP contribution in [-0.4, -0.2) is 20.9 Å². The molecule has 0 radical (unpaired) electrons. The van der Waals surface area contributed by atoms with Crippen molar-refractivity contribution in [2.45, 2.75) is 13.2 Å². The maximum absolute atomic E-state index is 11.4. The van der Waals surface area contributed by atoms with Crippen molar-refractivity contribution in [3.8, 4) is 22.8 Å². The largest absolute Gasteiger partial charge is 0.489 e. The number of hydrogen-bond donors (Lipinski definition) is 1. The van der Waals surface area contributed by atoms with Gasteiger partial charge in [-0.3, -0.25) is 4.68 Å². The highest BCUT2D eigenvalue weighted by Crippen LogP contribution is 2.34. The molecule has 1 N–H and O–H groups in total. The van der Waals surface area contributed by atoms with Gasteiger partial charge in [0, 0.05) is 23.7 Å². The predicted octanol–water partition coefficient (Wildman–Crippen LogP) is 5.60. The molecule has 0 aliphatic carbocycles. The predicted molar refractivity (Wildman–Crippen MR) is 122 cm³/mol. The Balaban J connectivity index is 1.61. The van der Waals surface area contributed by atoms with Crippen molar-refractivity contribution >= 4 is 17.6 Å². The molecule has 0 aliphatic rings. The summed E-state index contributed by atoms with van der Waals surface area (Å²) in [6.45, 7) is 0.731. The lowest BCUT2D eigenvalue weighted by Crippen LogP contribution is -2.04. The van der Waals surface area contributed by atoms with Crippen LogP contribution in [0.2, 0.25) is 5.02 Å². The smallest absolute Gasteiger partial charge is 0.354 e. The summed E-state index contributed by atoms with van der Waals surface area (Å²) in [5, 5.41) is 14.4. The Morgan fingerprint density at radius 1 is 0.938 bits per heavy atom. The normalized spacial score (nSPS) is 10.7. The summed E-state index contributed by atoms with van der Waals surface area (Å²) in [4.78, 5) is 11.4. The zero-order valence-corrected chi connectivity index (χ0v) is 18.1. The van der Waals surface area contributed by atoms with E-state index >= 15 is 0 Å². The molecule has 0 spiro atoms. The third kappa shape index (κ3) is 5.10. The fraction of sp³-hybridized carbons (Fsp3) is 0.120. The van der Waals surface area contributed by atoms with E-state index in [1.165, 1.54) is 10.7 Å². The van der Waals surface area contributed by atoms with Gasteiger partial charge in [-0.05, 0) is 41.5 Å². The van der Waals surface area contributed by atoms with E-state index < -0.39 is 5.97 Å². The van der Waals surface area contributed by atoms with Crippen LogP contribution in [0.4, 0.5) is 0 Å². The molecule has 0 unspecified atom stereocenters. The number of aromatic carboxylic acids is 1. The van der Waals surface area contributed by atoms with E-state index in [0.717, 1.165) is 11.1 Å². The molecule has 1 heterocycles. The van der Waals surface area contributed by atoms with Crippen LogP contribution in [0.1, 0.15) is 21.6 Å². The highest BCUT2D eigenvalue weighted by atomic mass is 35.5. The molecule has 0 saturated heterocycles. The number of carboxylic acids is 1. The summed E-state index contributed by atoms with van der Waals surface area (Å²) in [7, 11) is 1.60. The molecule has 0 bridgehead atoms. The number of hydrogen-bond acceptors (Lipinski definition) is 4. The van der Waals surface area contributed by atoms with Gasteiger partial charge in [-0.1, -0.05) is 54.1 Å². The molecule has 7 heteroatoms. The molecule has 0 fully saturated rings. The van der Waals surface area contributed by atoms with Gasteiger partial charge in [0.2, 0.25) is 0 Å². The average Bonchev–Trinajstić information content (AvgIpc) is 3.20. The number of ether oxygens (including phenoxy) is 2. The molecule has 162 valence electrons. The topological polar surface area (TPSA) is 73.6 Å². The van der Waals surface area contributed by atoms with E-state index in [1.807, 2.05) is 66.7 Å². The highest BCUT2D eigenvalue weighted by Gasteiger charge is 2.17. The van der Waals surface area contributed by atoms with Gasteiger partial charge in [0.15, 0.2) is 0 Å². The van der Waals surface area contributed by atoms with E-state index in [1.54, 1.807) is 13.1 Å². The van der Waals surface area contributed by atoms with Crippen molar-refractivity contribution in [3.63, 3.8) is 0 Å². The molecular weight excluding hydrogens is 428 g/mol. The van der Waals surface area contributed by atoms with Crippen molar-refractivity contribution < 1.29 is 19.4 Å². The number of aromatic nitrogens is 2. The Bertz CT molecular complexity index is 1220. The maximum atomic E-state index is 11.4. The second kappa shape index (κ2) is 9.58. The Kier molecular flexibility index (Phi) is 6.42. The van der Waals surface area contributed by atoms with E-state index in [9.17, 15) is 9.90 Å². The minimum atomic E-state index is -1.04. The average molecular weight is 449 g/mol. The lowest BCUT2D eigenvalue weighted by Gasteiger charge is -2.13. The summed E-state index contributed by atoms with van der Waals surface area (Å²) in [6, 6.07) is 24.2. The van der Waals surface area contributed by atoms with Crippen molar-refractivity contribution in [2.24, 2.45) is 7.05 Å². The fourth-order valence-electron chi connectivity index (χ4n) is 3.21.